The molecule has 1 aromatic heterocycles. The number of halogens is 3. The lowest BCUT2D eigenvalue weighted by Crippen LogP contribution is -2.20. The van der Waals surface area contributed by atoms with Gasteiger partial charge in [0.05, 0.1) is 12.3 Å². The van der Waals surface area contributed by atoms with Crippen LogP contribution in [-0.2, 0) is 0 Å². The maximum absolute atomic E-state index is 12.6. The number of Topliss-reactive ketones (excluding diaryl/α,β-unsaturated/α-hetero) is 1. The third kappa shape index (κ3) is 13.2. The highest BCUT2D eigenvalue weighted by atomic mass is 19.4. The summed E-state index contributed by atoms with van der Waals surface area (Å²) >= 11 is 0. The van der Waals surface area contributed by atoms with Crippen LogP contribution in [0.2, 0.25) is 0 Å². The van der Waals surface area contributed by atoms with Gasteiger partial charge in [-0.15, -0.1) is 0 Å². The zero-order valence-electron chi connectivity index (χ0n) is 19.5. The number of rotatable bonds is 7. The third-order valence-electron chi connectivity index (χ3n) is 3.53. The molecule has 0 amide bonds. The third-order valence-corrected chi connectivity index (χ3v) is 3.53. The predicted octanol–water partition coefficient (Wildman–Crippen LogP) is 6.13. The Morgan fingerprint density at radius 2 is 1.90 bits per heavy atom. The molecule has 0 aliphatic rings. The van der Waals surface area contributed by atoms with E-state index in [1.165, 1.54) is 31.0 Å². The quantitative estimate of drug-likeness (QED) is 0.317. The van der Waals surface area contributed by atoms with Crippen LogP contribution in [0, 0.1) is 0 Å². The summed E-state index contributed by atoms with van der Waals surface area (Å²) in [6, 6.07) is 2.95. The Morgan fingerprint density at radius 3 is 2.35 bits per heavy atom. The van der Waals surface area contributed by atoms with Gasteiger partial charge in [-0.05, 0) is 46.0 Å². The summed E-state index contributed by atoms with van der Waals surface area (Å²) in [6.45, 7) is 12.7. The Hall–Kier alpha value is -2.80. The molecule has 1 N–H and O–H groups in total. The summed E-state index contributed by atoms with van der Waals surface area (Å²) in [6.07, 6.45) is 5.72. The Kier molecular flexibility index (Phi) is 16.6. The first kappa shape index (κ1) is 30.4. The van der Waals surface area contributed by atoms with Gasteiger partial charge in [0, 0.05) is 24.4 Å². The van der Waals surface area contributed by atoms with Crippen molar-refractivity contribution >= 4 is 11.5 Å². The van der Waals surface area contributed by atoms with Gasteiger partial charge in [0.1, 0.15) is 5.69 Å². The average Bonchev–Trinajstić information content (AvgIpc) is 2.73. The molecule has 0 saturated carbocycles. The number of nitrogens with zero attached hydrogens (tertiary/aromatic N) is 2. The van der Waals surface area contributed by atoms with E-state index in [0.29, 0.717) is 5.56 Å². The van der Waals surface area contributed by atoms with Crippen molar-refractivity contribution in [2.24, 2.45) is 4.99 Å². The lowest BCUT2D eigenvalue weighted by molar-refractivity contribution is -0.0912. The van der Waals surface area contributed by atoms with E-state index in [9.17, 15) is 18.0 Å². The minimum atomic E-state index is -4.41. The van der Waals surface area contributed by atoms with Crippen molar-refractivity contribution in [3.63, 3.8) is 0 Å². The lowest BCUT2D eigenvalue weighted by Gasteiger charge is -2.08. The summed E-state index contributed by atoms with van der Waals surface area (Å²) in [7, 11) is 3.02. The highest BCUT2D eigenvalue weighted by Crippen LogP contribution is 2.25. The van der Waals surface area contributed by atoms with Crippen molar-refractivity contribution < 1.29 is 18.0 Å². The molecule has 0 aliphatic heterocycles. The first-order chi connectivity index (χ1) is 14.6. The molecule has 0 radical (unpaired) electrons. The topological polar surface area (TPSA) is 54.4 Å². The average molecular weight is 438 g/mol. The maximum atomic E-state index is 12.6. The number of pyridine rings is 1. The summed E-state index contributed by atoms with van der Waals surface area (Å²) in [5.41, 5.74) is 1.22. The van der Waals surface area contributed by atoms with E-state index in [1.807, 2.05) is 45.9 Å². The van der Waals surface area contributed by atoms with Crippen LogP contribution in [0.25, 0.3) is 0 Å². The van der Waals surface area contributed by atoms with Crippen molar-refractivity contribution in [1.29, 1.82) is 0 Å². The molecular weight excluding hydrogens is 403 g/mol. The first-order valence-electron chi connectivity index (χ1n) is 9.89. The van der Waals surface area contributed by atoms with Crippen LogP contribution in [0.15, 0.2) is 71.4 Å². The van der Waals surface area contributed by atoms with Crippen molar-refractivity contribution in [2.45, 2.75) is 40.8 Å². The zero-order valence-corrected chi connectivity index (χ0v) is 19.5. The standard InChI is InChI=1S/C14H16F3N3O.C8H12.C2H6/c1-9(14(15,16)17)6-11(19-3)10-4-5-20-12(7-10)13(21)8-18-2;1-4-6-8(3)7-5-2;1-2/h4-7,18H,8H2,1-3H3;4-7H,1H2,2-3H3;1-2H3/b9-6+,19-11?;7-5-,8-6-;. The number of hydrogen-bond acceptors (Lipinski definition) is 4. The Balaban J connectivity index is 0. The fraction of sp³-hybridized carbons (Fsp3) is 0.375. The second-order valence-electron chi connectivity index (χ2n) is 5.96. The molecule has 0 spiro atoms. The van der Waals surface area contributed by atoms with Gasteiger partial charge in [-0.2, -0.15) is 13.2 Å². The number of alkyl halides is 3. The minimum absolute atomic E-state index is 0.104. The van der Waals surface area contributed by atoms with Crippen molar-refractivity contribution in [1.82, 2.24) is 10.3 Å². The molecule has 1 heterocycles. The molecule has 1 aromatic rings. The Labute approximate surface area is 184 Å². The van der Waals surface area contributed by atoms with Crippen LogP contribution in [0.5, 0.6) is 0 Å². The number of carbonyl (C=O) groups is 1. The highest BCUT2D eigenvalue weighted by Gasteiger charge is 2.30. The molecule has 0 atom stereocenters. The molecule has 1 rings (SSSR count). The fourth-order valence-corrected chi connectivity index (χ4v) is 2.06. The number of aromatic nitrogens is 1. The number of likely N-dealkylation sites (N-methyl/N-ethyl adjacent to an activating group) is 1. The molecule has 0 aromatic carbocycles. The van der Waals surface area contributed by atoms with Crippen LogP contribution >= 0.6 is 0 Å². The van der Waals surface area contributed by atoms with E-state index in [4.69, 9.17) is 0 Å². The zero-order chi connectivity index (χ0) is 24.4. The first-order valence-corrected chi connectivity index (χ1v) is 9.89. The van der Waals surface area contributed by atoms with Gasteiger partial charge in [0.15, 0.2) is 5.78 Å². The van der Waals surface area contributed by atoms with Crippen molar-refractivity contribution in [2.75, 3.05) is 20.6 Å². The van der Waals surface area contributed by atoms with E-state index in [0.717, 1.165) is 13.0 Å². The number of ketones is 1. The van der Waals surface area contributed by atoms with Gasteiger partial charge in [-0.25, -0.2) is 0 Å². The van der Waals surface area contributed by atoms with Gasteiger partial charge in [0.2, 0.25) is 0 Å². The second kappa shape index (κ2) is 16.9. The predicted molar refractivity (Wildman–Crippen MR) is 125 cm³/mol. The number of allylic oxidation sites excluding steroid dienone is 7. The monoisotopic (exact) mass is 437 g/mol. The van der Waals surface area contributed by atoms with E-state index < -0.39 is 11.7 Å². The van der Waals surface area contributed by atoms with Gasteiger partial charge in [0.25, 0.3) is 0 Å². The number of aliphatic imine (C=N–C) groups is 1. The SMILES string of the molecule is C=C/C=C(C)\C=C/C.CC.CN=C(/C=C(\C)C(F)(F)F)c1ccnc(C(=O)CNC)c1. The van der Waals surface area contributed by atoms with Gasteiger partial charge >= 0.3 is 6.18 Å². The summed E-state index contributed by atoms with van der Waals surface area (Å²) in [5.74, 6) is -0.244. The van der Waals surface area contributed by atoms with Gasteiger partial charge in [-0.3, -0.25) is 14.8 Å². The molecule has 0 bridgehead atoms. The van der Waals surface area contributed by atoms with Crippen LogP contribution in [0.4, 0.5) is 13.2 Å². The van der Waals surface area contributed by atoms with Crippen molar-refractivity contribution in [3.05, 3.63) is 77.7 Å². The molecule has 0 fully saturated rings. The minimum Gasteiger partial charge on any atom is -0.313 e. The van der Waals surface area contributed by atoms with E-state index in [1.54, 1.807) is 13.1 Å². The highest BCUT2D eigenvalue weighted by molar-refractivity contribution is 6.10. The molecule has 0 unspecified atom stereocenters. The van der Waals surface area contributed by atoms with Crippen LogP contribution in [0.1, 0.15) is 50.7 Å². The van der Waals surface area contributed by atoms with Crippen molar-refractivity contribution in [3.8, 4) is 0 Å². The van der Waals surface area contributed by atoms with Crippen LogP contribution in [0.3, 0.4) is 0 Å². The molecule has 0 aliphatic carbocycles. The molecule has 4 nitrogen and oxygen atoms in total. The number of hydrogen-bond donors (Lipinski definition) is 1. The summed E-state index contributed by atoms with van der Waals surface area (Å²) in [4.78, 5) is 19.5. The Morgan fingerprint density at radius 1 is 1.29 bits per heavy atom. The molecule has 0 saturated heterocycles. The van der Waals surface area contributed by atoms with Crippen LogP contribution in [-0.4, -0.2) is 43.3 Å². The van der Waals surface area contributed by atoms with E-state index in [-0.39, 0.29) is 23.7 Å². The van der Waals surface area contributed by atoms with E-state index in [2.05, 4.69) is 21.9 Å². The number of nitrogens with one attached hydrogen (secondary N) is 1. The fourth-order valence-electron chi connectivity index (χ4n) is 2.06. The maximum Gasteiger partial charge on any atom is 0.412 e. The molecule has 7 heteroatoms. The van der Waals surface area contributed by atoms with Gasteiger partial charge in [-0.1, -0.05) is 50.3 Å². The Bertz CT molecular complexity index is 805. The largest absolute Gasteiger partial charge is 0.412 e. The smallest absolute Gasteiger partial charge is 0.313 e. The summed E-state index contributed by atoms with van der Waals surface area (Å²) in [5, 5.41) is 2.70. The summed E-state index contributed by atoms with van der Waals surface area (Å²) < 4.78 is 37.7. The van der Waals surface area contributed by atoms with Crippen LogP contribution < -0.4 is 5.32 Å². The molecule has 172 valence electrons. The van der Waals surface area contributed by atoms with Gasteiger partial charge < -0.3 is 5.32 Å². The molecular formula is C24H34F3N3O. The normalized spacial score (nSPS) is 12.5. The lowest BCUT2D eigenvalue weighted by atomic mass is 10.1. The van der Waals surface area contributed by atoms with E-state index >= 15 is 0 Å². The second-order valence-corrected chi connectivity index (χ2v) is 5.96. The molecule has 31 heavy (non-hydrogen) atoms. The number of carbonyl (C=O) groups excluding carboxylic acids is 1.